The van der Waals surface area contributed by atoms with E-state index in [-0.39, 0.29) is 0 Å². The molecule has 0 fully saturated rings. The number of hydrogen-bond acceptors (Lipinski definition) is 0. The van der Waals surface area contributed by atoms with Crippen molar-refractivity contribution in [3.8, 4) is 39.3 Å². The summed E-state index contributed by atoms with van der Waals surface area (Å²) in [5.74, 6) is 0. The number of fused-ring (bicyclic) bond motifs is 9. The summed E-state index contributed by atoms with van der Waals surface area (Å²) in [6, 6.07) is 110. The van der Waals surface area contributed by atoms with E-state index >= 15 is 0 Å². The predicted octanol–water partition coefficient (Wildman–Crippen LogP) is 15.7. The number of nitrogens with zero attached hydrogens (tertiary/aromatic N) is 3. The fourth-order valence-electron chi connectivity index (χ4n) is 12.6. The third kappa shape index (κ3) is 6.81. The van der Waals surface area contributed by atoms with Crippen molar-refractivity contribution in [3.63, 3.8) is 0 Å². The minimum atomic E-state index is -2.80. The van der Waals surface area contributed by atoms with Crippen molar-refractivity contribution in [2.24, 2.45) is 0 Å². The van der Waals surface area contributed by atoms with Crippen molar-refractivity contribution in [3.05, 3.63) is 297 Å². The van der Waals surface area contributed by atoms with Gasteiger partial charge in [0.2, 0.25) is 0 Å². The summed E-state index contributed by atoms with van der Waals surface area (Å²) in [5.41, 5.74) is 15.2. The lowest BCUT2D eigenvalue weighted by Gasteiger charge is -2.34. The molecule has 0 saturated heterocycles. The van der Waals surface area contributed by atoms with Gasteiger partial charge in [-0.25, -0.2) is 0 Å². The number of rotatable bonds is 9. The van der Waals surface area contributed by atoms with Crippen LogP contribution in [0.5, 0.6) is 0 Å². The van der Waals surface area contributed by atoms with Crippen LogP contribution in [0.4, 0.5) is 0 Å². The molecule has 0 radical (unpaired) electrons. The minimum Gasteiger partial charge on any atom is -0.309 e. The van der Waals surface area contributed by atoms with Crippen LogP contribution in [0.3, 0.4) is 0 Å². The number of hydrogen-bond donors (Lipinski definition) is 0. The Balaban J connectivity index is 0.949. The second-order valence-corrected chi connectivity index (χ2v) is 23.9. The minimum absolute atomic E-state index is 1.10. The van der Waals surface area contributed by atoms with E-state index in [4.69, 9.17) is 0 Å². The van der Waals surface area contributed by atoms with Gasteiger partial charge in [0.25, 0.3) is 0 Å². The summed E-state index contributed by atoms with van der Waals surface area (Å²) in [4.78, 5) is 0. The van der Waals surface area contributed by atoms with Gasteiger partial charge in [-0.2, -0.15) is 0 Å². The molecule has 3 nitrogen and oxygen atoms in total. The van der Waals surface area contributed by atoms with Crippen molar-refractivity contribution in [1.29, 1.82) is 0 Å². The molecule has 76 heavy (non-hydrogen) atoms. The molecule has 0 aliphatic heterocycles. The van der Waals surface area contributed by atoms with Crippen LogP contribution in [-0.4, -0.2) is 21.8 Å². The van der Waals surface area contributed by atoms with Crippen molar-refractivity contribution < 1.29 is 0 Å². The van der Waals surface area contributed by atoms with E-state index in [1.54, 1.807) is 0 Å². The molecule has 15 rings (SSSR count). The molecule has 0 unspecified atom stereocenters. The summed E-state index contributed by atoms with van der Waals surface area (Å²) < 4.78 is 7.42. The first kappa shape index (κ1) is 43.8. The maximum atomic E-state index is 2.53. The largest absolute Gasteiger partial charge is 0.309 e. The molecule has 3 aromatic heterocycles. The standard InChI is InChI=1S/C72H49N3Si/c1-6-22-50(23-7-1)52-38-41-70-64(46-52)61-32-16-19-35-67(61)73(70)54-39-42-71-65(48-54)62-33-17-20-36-68(62)74(71)55-44-53(51-24-8-2-9-25-51)45-56(47-55)75-69-37-21-18-34-63(69)66-49-60(40-43-72(66)75)76(57-26-10-3-11-27-57,58-28-12-4-13-29-58)59-30-14-5-15-31-59/h1-49H. The molecule has 0 aliphatic carbocycles. The maximum Gasteiger partial charge on any atom is 0.179 e. The van der Waals surface area contributed by atoms with Crippen LogP contribution in [0.1, 0.15) is 0 Å². The molecule has 3 heterocycles. The summed E-state index contributed by atoms with van der Waals surface area (Å²) in [6.45, 7) is 0. The Labute approximate surface area is 442 Å². The molecule has 0 amide bonds. The SMILES string of the molecule is c1ccc(-c2cc(-n3c4ccccc4c4cc(-n5c6ccccc6c6cc(-c7ccccc7)ccc65)ccc43)cc(-n3c4ccccc4c4cc([Si](c5ccccc5)(c5ccccc5)c5ccccc5)ccc43)c2)cc1. The van der Waals surface area contributed by atoms with Gasteiger partial charge in [0, 0.05) is 49.4 Å². The third-order valence-corrected chi connectivity index (χ3v) is 20.7. The first-order valence-corrected chi connectivity index (χ1v) is 28.2. The Morgan fingerprint density at radius 1 is 0.184 bits per heavy atom. The average Bonchev–Trinajstić information content (AvgIpc) is 4.15. The van der Waals surface area contributed by atoms with Gasteiger partial charge in [0.1, 0.15) is 0 Å². The Kier molecular flexibility index (Phi) is 10.2. The highest BCUT2D eigenvalue weighted by Crippen LogP contribution is 2.41. The van der Waals surface area contributed by atoms with Gasteiger partial charge < -0.3 is 13.7 Å². The van der Waals surface area contributed by atoms with Gasteiger partial charge in [0.05, 0.1) is 33.1 Å². The zero-order valence-electron chi connectivity index (χ0n) is 41.6. The zero-order chi connectivity index (χ0) is 50.2. The molecule has 0 bridgehead atoms. The Hall–Kier alpha value is -9.74. The monoisotopic (exact) mass is 983 g/mol. The van der Waals surface area contributed by atoms with Crippen LogP contribution >= 0.6 is 0 Å². The number of benzene rings is 12. The van der Waals surface area contributed by atoms with Crippen molar-refractivity contribution >= 4 is 94.2 Å². The summed E-state index contributed by atoms with van der Waals surface area (Å²) in [5, 5.41) is 12.8. The van der Waals surface area contributed by atoms with Gasteiger partial charge in [-0.1, -0.05) is 224 Å². The van der Waals surface area contributed by atoms with E-state index in [1.807, 2.05) is 0 Å². The lowest BCUT2D eigenvalue weighted by atomic mass is 10.0. The first-order chi connectivity index (χ1) is 37.7. The quantitative estimate of drug-likeness (QED) is 0.101. The number of para-hydroxylation sites is 3. The molecule has 0 spiro atoms. The Morgan fingerprint density at radius 2 is 0.539 bits per heavy atom. The molecule has 0 aliphatic rings. The highest BCUT2D eigenvalue weighted by atomic mass is 28.3. The van der Waals surface area contributed by atoms with E-state index in [1.165, 1.54) is 91.8 Å². The van der Waals surface area contributed by atoms with Gasteiger partial charge in [-0.3, -0.25) is 0 Å². The maximum absolute atomic E-state index is 2.80. The average molecular weight is 984 g/mol. The highest BCUT2D eigenvalue weighted by Gasteiger charge is 2.41. The second-order valence-electron chi connectivity index (χ2n) is 20.0. The summed E-state index contributed by atoms with van der Waals surface area (Å²) in [6.07, 6.45) is 0. The van der Waals surface area contributed by atoms with Crippen LogP contribution in [0, 0.1) is 0 Å². The highest BCUT2D eigenvalue weighted by molar-refractivity contribution is 7.20. The van der Waals surface area contributed by atoms with Crippen molar-refractivity contribution in [1.82, 2.24) is 13.7 Å². The fraction of sp³-hybridized carbons (Fsp3) is 0. The lowest BCUT2D eigenvalue weighted by molar-refractivity contribution is 1.13. The molecule has 0 saturated carbocycles. The van der Waals surface area contributed by atoms with Crippen LogP contribution in [0.25, 0.3) is 105 Å². The molecule has 15 aromatic rings. The van der Waals surface area contributed by atoms with E-state index in [2.05, 4.69) is 311 Å². The summed E-state index contributed by atoms with van der Waals surface area (Å²) >= 11 is 0. The van der Waals surface area contributed by atoms with Gasteiger partial charge >= 0.3 is 0 Å². The first-order valence-electron chi connectivity index (χ1n) is 26.2. The van der Waals surface area contributed by atoms with Crippen molar-refractivity contribution in [2.45, 2.75) is 0 Å². The fourth-order valence-corrected chi connectivity index (χ4v) is 17.4. The van der Waals surface area contributed by atoms with E-state index < -0.39 is 8.07 Å². The molecule has 12 aromatic carbocycles. The molecular weight excluding hydrogens is 935 g/mol. The van der Waals surface area contributed by atoms with Crippen LogP contribution in [-0.2, 0) is 0 Å². The van der Waals surface area contributed by atoms with Crippen LogP contribution in [0.15, 0.2) is 297 Å². The van der Waals surface area contributed by atoms with E-state index in [9.17, 15) is 0 Å². The third-order valence-electron chi connectivity index (χ3n) is 15.9. The topological polar surface area (TPSA) is 14.8 Å². The predicted molar refractivity (Wildman–Crippen MR) is 324 cm³/mol. The smallest absolute Gasteiger partial charge is 0.179 e. The molecule has 0 atom stereocenters. The normalized spacial score (nSPS) is 11.9. The van der Waals surface area contributed by atoms with E-state index in [0.29, 0.717) is 0 Å². The molecule has 4 heteroatoms. The van der Waals surface area contributed by atoms with Gasteiger partial charge in [-0.15, -0.1) is 0 Å². The molecule has 356 valence electrons. The summed E-state index contributed by atoms with van der Waals surface area (Å²) in [7, 11) is -2.80. The Morgan fingerprint density at radius 3 is 1.03 bits per heavy atom. The van der Waals surface area contributed by atoms with E-state index in [0.717, 1.165) is 33.7 Å². The van der Waals surface area contributed by atoms with Crippen molar-refractivity contribution in [2.75, 3.05) is 0 Å². The molecule has 0 N–H and O–H groups in total. The second kappa shape index (κ2) is 17.7. The van der Waals surface area contributed by atoms with Gasteiger partial charge in [-0.05, 0) is 116 Å². The Bertz CT molecular complexity index is 4570. The number of aromatic nitrogens is 3. The lowest BCUT2D eigenvalue weighted by Crippen LogP contribution is -2.74. The van der Waals surface area contributed by atoms with Crippen LogP contribution < -0.4 is 20.7 Å². The molecular formula is C72H49N3Si. The van der Waals surface area contributed by atoms with Gasteiger partial charge in [0.15, 0.2) is 8.07 Å². The van der Waals surface area contributed by atoms with Crippen LogP contribution in [0.2, 0.25) is 0 Å². The zero-order valence-corrected chi connectivity index (χ0v) is 42.6.